The van der Waals surface area contributed by atoms with Crippen LogP contribution in [0.4, 0.5) is 17.3 Å². The summed E-state index contributed by atoms with van der Waals surface area (Å²) >= 11 is 0. The first-order valence-corrected chi connectivity index (χ1v) is 11.0. The van der Waals surface area contributed by atoms with Crippen molar-refractivity contribution in [1.29, 1.82) is 5.26 Å². The molecule has 12 nitrogen and oxygen atoms in total. The third kappa shape index (κ3) is 5.11. The molecule has 0 spiro atoms. The average molecular weight is 473 g/mol. The minimum absolute atomic E-state index is 0.0247. The third-order valence-electron chi connectivity index (χ3n) is 5.36. The van der Waals surface area contributed by atoms with E-state index in [4.69, 9.17) is 19.5 Å². The molecule has 0 amide bonds. The molecule has 0 radical (unpaired) electrons. The van der Waals surface area contributed by atoms with Gasteiger partial charge >= 0.3 is 0 Å². The van der Waals surface area contributed by atoms with Crippen LogP contribution < -0.4 is 15.4 Å². The van der Waals surface area contributed by atoms with Gasteiger partial charge in [-0.25, -0.2) is 19.9 Å². The van der Waals surface area contributed by atoms with Gasteiger partial charge < -0.3 is 29.4 Å². The number of ether oxygens (including phenoxy) is 3. The maximum atomic E-state index is 9.05. The van der Waals surface area contributed by atoms with Crippen LogP contribution in [0.15, 0.2) is 37.1 Å². The topological polar surface area (TPSA) is 145 Å². The van der Waals surface area contributed by atoms with Gasteiger partial charge in [-0.2, -0.15) is 10.2 Å². The van der Waals surface area contributed by atoms with E-state index in [0.717, 1.165) is 5.56 Å². The molecule has 5 rings (SSSR count). The molecule has 4 aromatic heterocycles. The Morgan fingerprint density at radius 1 is 1.17 bits per heavy atom. The molecular formula is C23H23N9O3. The number of anilines is 3. The Morgan fingerprint density at radius 2 is 2.06 bits per heavy atom. The number of fused-ring (bicyclic) bond motifs is 1. The predicted molar refractivity (Wildman–Crippen MR) is 127 cm³/mol. The molecular weight excluding hydrogens is 450 g/mol. The highest BCUT2D eigenvalue weighted by atomic mass is 16.6. The van der Waals surface area contributed by atoms with Gasteiger partial charge in [-0.15, -0.1) is 0 Å². The molecule has 0 bridgehead atoms. The van der Waals surface area contributed by atoms with Crippen LogP contribution >= 0.6 is 0 Å². The molecule has 0 aliphatic carbocycles. The molecule has 35 heavy (non-hydrogen) atoms. The van der Waals surface area contributed by atoms with Gasteiger partial charge in [-0.1, -0.05) is 0 Å². The van der Waals surface area contributed by atoms with E-state index in [0.29, 0.717) is 72.2 Å². The van der Waals surface area contributed by atoms with Gasteiger partial charge in [0.05, 0.1) is 44.1 Å². The molecule has 5 heterocycles. The lowest BCUT2D eigenvalue weighted by Gasteiger charge is -2.23. The fourth-order valence-electron chi connectivity index (χ4n) is 3.58. The van der Waals surface area contributed by atoms with Crippen LogP contribution in [0.5, 0.6) is 11.6 Å². The Morgan fingerprint density at radius 3 is 2.86 bits per heavy atom. The number of imidazole rings is 1. The second kappa shape index (κ2) is 9.88. The Bertz CT molecular complexity index is 1390. The zero-order chi connectivity index (χ0) is 24.2. The van der Waals surface area contributed by atoms with Gasteiger partial charge in [0.25, 0.3) is 0 Å². The van der Waals surface area contributed by atoms with Gasteiger partial charge in [-0.3, -0.25) is 0 Å². The molecule has 1 atom stereocenters. The number of nitrogens with zero attached hydrogens (tertiary/aromatic N) is 7. The lowest BCUT2D eigenvalue weighted by Crippen LogP contribution is -2.34. The lowest BCUT2D eigenvalue weighted by molar-refractivity contribution is -0.0819. The van der Waals surface area contributed by atoms with Gasteiger partial charge in [-0.05, 0) is 18.6 Å². The molecule has 178 valence electrons. The van der Waals surface area contributed by atoms with Gasteiger partial charge in [0, 0.05) is 25.7 Å². The van der Waals surface area contributed by atoms with E-state index >= 15 is 0 Å². The number of hydrogen-bond donors (Lipinski definition) is 2. The summed E-state index contributed by atoms with van der Waals surface area (Å²) in [6.45, 7) is 4.19. The van der Waals surface area contributed by atoms with Crippen LogP contribution in [0.1, 0.15) is 11.3 Å². The maximum Gasteiger partial charge on any atom is 0.223 e. The molecule has 12 heteroatoms. The lowest BCUT2D eigenvalue weighted by atomic mass is 10.2. The maximum absolute atomic E-state index is 9.05. The minimum Gasteiger partial charge on any atom is -0.437 e. The van der Waals surface area contributed by atoms with E-state index in [1.54, 1.807) is 29.1 Å². The van der Waals surface area contributed by atoms with E-state index in [1.807, 2.05) is 20.0 Å². The number of aromatic nitrogens is 6. The van der Waals surface area contributed by atoms with Crippen molar-refractivity contribution in [3.05, 3.63) is 48.3 Å². The largest absolute Gasteiger partial charge is 0.437 e. The van der Waals surface area contributed by atoms with E-state index < -0.39 is 0 Å². The Balaban J connectivity index is 1.39. The van der Waals surface area contributed by atoms with Gasteiger partial charge in [0.2, 0.25) is 5.88 Å². The van der Waals surface area contributed by atoms with Crippen molar-refractivity contribution in [1.82, 2.24) is 29.5 Å². The zero-order valence-corrected chi connectivity index (χ0v) is 19.2. The first-order chi connectivity index (χ1) is 17.1. The third-order valence-corrected chi connectivity index (χ3v) is 5.36. The smallest absolute Gasteiger partial charge is 0.223 e. The monoisotopic (exact) mass is 473 g/mol. The molecule has 4 aromatic rings. The van der Waals surface area contributed by atoms with Crippen LogP contribution in [-0.2, 0) is 16.5 Å². The van der Waals surface area contributed by atoms with Crippen LogP contribution in [0.25, 0.3) is 11.2 Å². The van der Waals surface area contributed by atoms with Crippen LogP contribution in [-0.4, -0.2) is 62.0 Å². The predicted octanol–water partition coefficient (Wildman–Crippen LogP) is 2.70. The van der Waals surface area contributed by atoms with Gasteiger partial charge in [0.1, 0.15) is 35.2 Å². The van der Waals surface area contributed by atoms with Gasteiger partial charge in [0.15, 0.2) is 11.4 Å². The summed E-state index contributed by atoms with van der Waals surface area (Å²) in [5.74, 6) is 2.08. The molecule has 1 saturated heterocycles. The molecule has 0 aromatic carbocycles. The van der Waals surface area contributed by atoms with Crippen LogP contribution in [0.2, 0.25) is 0 Å². The van der Waals surface area contributed by atoms with Crippen LogP contribution in [0, 0.1) is 18.3 Å². The van der Waals surface area contributed by atoms with Crippen molar-refractivity contribution < 1.29 is 14.2 Å². The minimum atomic E-state index is -0.0247. The molecule has 1 fully saturated rings. The van der Waals surface area contributed by atoms with Crippen molar-refractivity contribution in [3.8, 4) is 17.7 Å². The highest BCUT2D eigenvalue weighted by molar-refractivity contribution is 5.88. The highest BCUT2D eigenvalue weighted by Gasteiger charge is 2.16. The second-order valence-corrected chi connectivity index (χ2v) is 7.95. The molecule has 0 saturated carbocycles. The SMILES string of the molecule is Cc1cc(C#N)ncc1Oc1cc(Nc2cc(NCC3COCCO3)ncn2)c2ncn(C)c2n1. The summed E-state index contributed by atoms with van der Waals surface area (Å²) < 4.78 is 18.9. The highest BCUT2D eigenvalue weighted by Crippen LogP contribution is 2.31. The number of nitriles is 1. The summed E-state index contributed by atoms with van der Waals surface area (Å²) in [6, 6.07) is 7.23. The summed E-state index contributed by atoms with van der Waals surface area (Å²) in [7, 11) is 1.86. The average Bonchev–Trinajstić information content (AvgIpc) is 3.25. The normalized spacial score (nSPS) is 15.5. The molecule has 2 N–H and O–H groups in total. The summed E-state index contributed by atoms with van der Waals surface area (Å²) in [6.07, 6.45) is 4.64. The quantitative estimate of drug-likeness (QED) is 0.408. The Labute approximate surface area is 200 Å². The second-order valence-electron chi connectivity index (χ2n) is 7.95. The number of aryl methyl sites for hydroxylation is 2. The van der Waals surface area contributed by atoms with E-state index in [9.17, 15) is 0 Å². The van der Waals surface area contributed by atoms with Crippen LogP contribution in [0.3, 0.4) is 0 Å². The Hall–Kier alpha value is -4.34. The standard InChI is InChI=1S/C23H23N9O3/c1-14-5-15(8-24)25-10-18(14)35-21-6-17(22-23(31-21)32(2)13-29-22)30-20-7-19(27-12-28-20)26-9-16-11-33-3-4-34-16/h5-7,10,12-13,16H,3-4,9,11H2,1-2H3,(H2,26,27,28,30,31). The van der Waals surface area contributed by atoms with Crippen molar-refractivity contribution in [2.45, 2.75) is 13.0 Å². The van der Waals surface area contributed by atoms with Crippen molar-refractivity contribution in [2.24, 2.45) is 7.05 Å². The van der Waals surface area contributed by atoms with E-state index in [-0.39, 0.29) is 6.10 Å². The van der Waals surface area contributed by atoms with Crippen molar-refractivity contribution in [2.75, 3.05) is 37.0 Å². The van der Waals surface area contributed by atoms with Crippen molar-refractivity contribution in [3.63, 3.8) is 0 Å². The number of rotatable bonds is 7. The number of pyridine rings is 2. The number of hydrogen-bond acceptors (Lipinski definition) is 11. The zero-order valence-electron chi connectivity index (χ0n) is 19.2. The van der Waals surface area contributed by atoms with Crippen molar-refractivity contribution >= 4 is 28.5 Å². The van der Waals surface area contributed by atoms with E-state index in [1.165, 1.54) is 12.5 Å². The summed E-state index contributed by atoms with van der Waals surface area (Å²) in [5, 5.41) is 15.6. The first kappa shape index (κ1) is 22.5. The van der Waals surface area contributed by atoms with E-state index in [2.05, 4.69) is 35.6 Å². The molecule has 1 aliphatic rings. The summed E-state index contributed by atoms with van der Waals surface area (Å²) in [5.41, 5.74) is 3.06. The Kier molecular flexibility index (Phi) is 6.34. The molecule has 1 unspecified atom stereocenters. The fraction of sp³-hybridized carbons (Fsp3) is 0.304. The first-order valence-electron chi connectivity index (χ1n) is 11.0. The summed E-state index contributed by atoms with van der Waals surface area (Å²) in [4.78, 5) is 21.8. The fourth-order valence-corrected chi connectivity index (χ4v) is 3.58. The number of nitrogens with one attached hydrogen (secondary N) is 2. The molecule has 1 aliphatic heterocycles.